The monoisotopic (exact) mass is 177 g/mol. The first-order chi connectivity index (χ1) is 6.27. The molecular weight excluding hydrogens is 170 g/mol. The maximum Gasteiger partial charge on any atom is 0.309 e. The zero-order valence-electron chi connectivity index (χ0n) is 6.71. The lowest BCUT2D eigenvalue weighted by Crippen LogP contribution is -2.02. The van der Waals surface area contributed by atoms with E-state index in [9.17, 15) is 4.79 Å². The molecule has 0 amide bonds. The Balaban J connectivity index is 2.51. The van der Waals surface area contributed by atoms with Gasteiger partial charge in [0.15, 0.2) is 5.65 Å². The van der Waals surface area contributed by atoms with Crippen molar-refractivity contribution in [3.8, 4) is 0 Å². The van der Waals surface area contributed by atoms with Gasteiger partial charge in [-0.1, -0.05) is 0 Å². The van der Waals surface area contributed by atoms with E-state index in [1.165, 1.54) is 0 Å². The molecule has 5 heteroatoms. The molecule has 13 heavy (non-hydrogen) atoms. The summed E-state index contributed by atoms with van der Waals surface area (Å²) in [4.78, 5) is 18.3. The number of aliphatic carboxylic acids is 1. The summed E-state index contributed by atoms with van der Waals surface area (Å²) in [5, 5.41) is 8.59. The van der Waals surface area contributed by atoms with Crippen LogP contribution in [0.1, 0.15) is 5.69 Å². The molecule has 0 bridgehead atoms. The molecule has 2 heterocycles. The standard InChI is InChI=1S/C8H7N3O2/c12-8(13)3-6-4-10-7-5-9-1-2-11(6)7/h1-2,4-5H,3H2,(H,12,13). The van der Waals surface area contributed by atoms with Gasteiger partial charge in [-0.15, -0.1) is 0 Å². The number of rotatable bonds is 2. The molecule has 0 aliphatic carbocycles. The van der Waals surface area contributed by atoms with Crippen molar-refractivity contribution in [1.29, 1.82) is 0 Å². The fraction of sp³-hybridized carbons (Fsp3) is 0.125. The van der Waals surface area contributed by atoms with E-state index in [1.54, 1.807) is 29.2 Å². The minimum absolute atomic E-state index is 0.0226. The first-order valence-electron chi connectivity index (χ1n) is 3.75. The summed E-state index contributed by atoms with van der Waals surface area (Å²) < 4.78 is 1.71. The van der Waals surface area contributed by atoms with Crippen molar-refractivity contribution < 1.29 is 9.90 Å². The van der Waals surface area contributed by atoms with Crippen LogP contribution in [0.2, 0.25) is 0 Å². The summed E-state index contributed by atoms with van der Waals surface area (Å²) in [7, 11) is 0. The van der Waals surface area contributed by atoms with Gasteiger partial charge in [0.1, 0.15) is 0 Å². The summed E-state index contributed by atoms with van der Waals surface area (Å²) in [6.07, 6.45) is 6.41. The lowest BCUT2D eigenvalue weighted by molar-refractivity contribution is -0.136. The second-order valence-electron chi connectivity index (χ2n) is 2.62. The molecule has 0 fully saturated rings. The van der Waals surface area contributed by atoms with Gasteiger partial charge in [-0.3, -0.25) is 9.78 Å². The third-order valence-corrected chi connectivity index (χ3v) is 1.73. The molecule has 0 aliphatic heterocycles. The van der Waals surface area contributed by atoms with Crippen molar-refractivity contribution in [3.63, 3.8) is 0 Å². The van der Waals surface area contributed by atoms with Gasteiger partial charge in [0, 0.05) is 18.6 Å². The number of hydrogen-bond acceptors (Lipinski definition) is 3. The highest BCUT2D eigenvalue weighted by atomic mass is 16.4. The van der Waals surface area contributed by atoms with Crippen molar-refractivity contribution in [3.05, 3.63) is 30.5 Å². The molecule has 0 atom stereocenters. The van der Waals surface area contributed by atoms with Crippen molar-refractivity contribution in [1.82, 2.24) is 14.4 Å². The van der Waals surface area contributed by atoms with E-state index in [4.69, 9.17) is 5.11 Å². The molecule has 1 N–H and O–H groups in total. The summed E-state index contributed by atoms with van der Waals surface area (Å²) in [5.74, 6) is -0.862. The number of fused-ring (bicyclic) bond motifs is 1. The summed E-state index contributed by atoms with van der Waals surface area (Å²) >= 11 is 0. The Morgan fingerprint density at radius 1 is 1.54 bits per heavy atom. The Hall–Kier alpha value is -1.91. The Morgan fingerprint density at radius 3 is 3.15 bits per heavy atom. The quantitative estimate of drug-likeness (QED) is 0.719. The van der Waals surface area contributed by atoms with Crippen LogP contribution in [-0.4, -0.2) is 25.4 Å². The topological polar surface area (TPSA) is 67.5 Å². The number of carbonyl (C=O) groups is 1. The van der Waals surface area contributed by atoms with Gasteiger partial charge in [-0.05, 0) is 0 Å². The van der Waals surface area contributed by atoms with E-state index in [1.807, 2.05) is 0 Å². The van der Waals surface area contributed by atoms with Crippen LogP contribution in [0.25, 0.3) is 5.65 Å². The van der Waals surface area contributed by atoms with Gasteiger partial charge in [0.05, 0.1) is 18.3 Å². The minimum Gasteiger partial charge on any atom is -0.481 e. The van der Waals surface area contributed by atoms with E-state index < -0.39 is 5.97 Å². The van der Waals surface area contributed by atoms with E-state index in [-0.39, 0.29) is 6.42 Å². The third kappa shape index (κ3) is 1.35. The third-order valence-electron chi connectivity index (χ3n) is 1.73. The molecule has 2 rings (SSSR count). The highest BCUT2D eigenvalue weighted by Crippen LogP contribution is 2.04. The van der Waals surface area contributed by atoms with Crippen LogP contribution in [-0.2, 0) is 11.2 Å². The molecule has 0 saturated carbocycles. The van der Waals surface area contributed by atoms with Crippen LogP contribution in [0.4, 0.5) is 0 Å². The second kappa shape index (κ2) is 2.85. The van der Waals surface area contributed by atoms with Crippen LogP contribution in [0.5, 0.6) is 0 Å². The number of imidazole rings is 1. The lowest BCUT2D eigenvalue weighted by Gasteiger charge is -1.95. The number of carboxylic acids is 1. The molecule has 0 radical (unpaired) electrons. The predicted octanol–water partition coefficient (Wildman–Crippen LogP) is 0.356. The van der Waals surface area contributed by atoms with Crippen molar-refractivity contribution in [2.75, 3.05) is 0 Å². The Labute approximate surface area is 73.7 Å². The maximum atomic E-state index is 10.5. The fourth-order valence-electron chi connectivity index (χ4n) is 1.18. The van der Waals surface area contributed by atoms with Crippen LogP contribution in [0.15, 0.2) is 24.8 Å². The van der Waals surface area contributed by atoms with Crippen LogP contribution in [0, 0.1) is 0 Å². The maximum absolute atomic E-state index is 10.5. The molecule has 0 saturated heterocycles. The largest absolute Gasteiger partial charge is 0.481 e. The first-order valence-corrected chi connectivity index (χ1v) is 3.75. The molecule has 66 valence electrons. The van der Waals surface area contributed by atoms with Gasteiger partial charge in [-0.2, -0.15) is 0 Å². The summed E-state index contributed by atoms with van der Waals surface area (Å²) in [5.41, 5.74) is 1.32. The fourth-order valence-corrected chi connectivity index (χ4v) is 1.18. The zero-order valence-corrected chi connectivity index (χ0v) is 6.71. The van der Waals surface area contributed by atoms with Crippen LogP contribution >= 0.6 is 0 Å². The second-order valence-corrected chi connectivity index (χ2v) is 2.62. The average molecular weight is 177 g/mol. The predicted molar refractivity (Wildman–Crippen MR) is 44.3 cm³/mol. The number of aromatic nitrogens is 3. The van der Waals surface area contributed by atoms with Crippen molar-refractivity contribution in [2.45, 2.75) is 6.42 Å². The van der Waals surface area contributed by atoms with Gasteiger partial charge in [-0.25, -0.2) is 4.98 Å². The van der Waals surface area contributed by atoms with E-state index in [0.29, 0.717) is 11.3 Å². The van der Waals surface area contributed by atoms with Gasteiger partial charge in [0.25, 0.3) is 0 Å². The van der Waals surface area contributed by atoms with Gasteiger partial charge >= 0.3 is 5.97 Å². The van der Waals surface area contributed by atoms with Crippen LogP contribution < -0.4 is 0 Å². The molecule has 0 aliphatic rings. The van der Waals surface area contributed by atoms with Crippen molar-refractivity contribution >= 4 is 11.6 Å². The Kier molecular flexibility index (Phi) is 1.70. The number of nitrogens with zero attached hydrogens (tertiary/aromatic N) is 3. The van der Waals surface area contributed by atoms with Gasteiger partial charge in [0.2, 0.25) is 0 Å². The SMILES string of the molecule is O=C(O)Cc1cnc2cnccn12. The molecule has 5 nitrogen and oxygen atoms in total. The van der Waals surface area contributed by atoms with Gasteiger partial charge < -0.3 is 9.51 Å². The molecular formula is C8H7N3O2. The zero-order chi connectivity index (χ0) is 9.26. The normalized spacial score (nSPS) is 10.5. The lowest BCUT2D eigenvalue weighted by atomic mass is 10.3. The number of carboxylic acid groups (broad SMARTS) is 1. The van der Waals surface area contributed by atoms with E-state index in [0.717, 1.165) is 0 Å². The number of hydrogen-bond donors (Lipinski definition) is 1. The Morgan fingerprint density at radius 2 is 2.38 bits per heavy atom. The first kappa shape index (κ1) is 7.72. The molecule has 2 aromatic heterocycles. The Bertz CT molecular complexity index is 449. The van der Waals surface area contributed by atoms with Crippen molar-refractivity contribution in [2.24, 2.45) is 0 Å². The summed E-state index contributed by atoms with van der Waals surface area (Å²) in [6, 6.07) is 0. The molecule has 2 aromatic rings. The highest BCUT2D eigenvalue weighted by Gasteiger charge is 2.05. The molecule has 0 unspecified atom stereocenters. The van der Waals surface area contributed by atoms with E-state index >= 15 is 0 Å². The van der Waals surface area contributed by atoms with Crippen LogP contribution in [0.3, 0.4) is 0 Å². The average Bonchev–Trinajstić information content (AvgIpc) is 2.48. The smallest absolute Gasteiger partial charge is 0.309 e. The summed E-state index contributed by atoms with van der Waals surface area (Å²) in [6.45, 7) is 0. The molecule has 0 aromatic carbocycles. The minimum atomic E-state index is -0.862. The molecule has 0 spiro atoms. The van der Waals surface area contributed by atoms with E-state index in [2.05, 4.69) is 9.97 Å². The highest BCUT2D eigenvalue weighted by molar-refractivity contribution is 5.69.